The highest BCUT2D eigenvalue weighted by Gasteiger charge is 2.07. The van der Waals surface area contributed by atoms with Gasteiger partial charge in [0.05, 0.1) is 12.1 Å². The maximum absolute atomic E-state index is 11.7. The number of nitrogens with one attached hydrogen (secondary N) is 1. The van der Waals surface area contributed by atoms with Gasteiger partial charge in [-0.05, 0) is 30.7 Å². The molecule has 0 unspecified atom stereocenters. The lowest BCUT2D eigenvalue weighted by Crippen LogP contribution is -2.15. The average molecular weight is 295 g/mol. The van der Waals surface area contributed by atoms with Crippen molar-refractivity contribution in [1.82, 2.24) is 5.16 Å². The van der Waals surface area contributed by atoms with Crippen molar-refractivity contribution >= 4 is 27.5 Å². The molecule has 0 aliphatic heterocycles. The summed E-state index contributed by atoms with van der Waals surface area (Å²) in [6, 6.07) is 7.37. The third kappa shape index (κ3) is 3.17. The zero-order valence-corrected chi connectivity index (χ0v) is 10.8. The van der Waals surface area contributed by atoms with Crippen LogP contribution in [-0.2, 0) is 11.2 Å². The summed E-state index contributed by atoms with van der Waals surface area (Å²) < 4.78 is 5.66. The van der Waals surface area contributed by atoms with Gasteiger partial charge in [0.2, 0.25) is 5.91 Å². The Labute approximate surface area is 107 Å². The summed E-state index contributed by atoms with van der Waals surface area (Å²) in [6.45, 7) is 1.94. The predicted molar refractivity (Wildman–Crippen MR) is 67.7 cm³/mol. The fourth-order valence-corrected chi connectivity index (χ4v) is 1.93. The molecule has 0 atom stereocenters. The first-order chi connectivity index (χ1) is 8.15. The third-order valence-corrected chi connectivity index (χ3v) is 2.79. The molecule has 1 aromatic heterocycles. The number of halogens is 1. The Hall–Kier alpha value is -1.62. The number of carbonyl (C=O) groups is 1. The van der Waals surface area contributed by atoms with Gasteiger partial charge in [-0.1, -0.05) is 21.1 Å². The minimum absolute atomic E-state index is 0.107. The SMILES string of the molecule is Cc1cc(Br)ccc1NC(=O)Cc1ccon1. The van der Waals surface area contributed by atoms with E-state index in [0.29, 0.717) is 5.69 Å². The van der Waals surface area contributed by atoms with Crippen molar-refractivity contribution in [3.05, 3.63) is 46.3 Å². The van der Waals surface area contributed by atoms with E-state index in [1.165, 1.54) is 6.26 Å². The van der Waals surface area contributed by atoms with Crippen LogP contribution in [0.15, 0.2) is 39.5 Å². The Kier molecular flexibility index (Phi) is 3.58. The largest absolute Gasteiger partial charge is 0.364 e. The average Bonchev–Trinajstić information content (AvgIpc) is 2.75. The minimum atomic E-state index is -0.107. The number of aromatic nitrogens is 1. The highest BCUT2D eigenvalue weighted by molar-refractivity contribution is 9.10. The van der Waals surface area contributed by atoms with Gasteiger partial charge in [0.25, 0.3) is 0 Å². The van der Waals surface area contributed by atoms with Crippen LogP contribution in [0.2, 0.25) is 0 Å². The number of carbonyl (C=O) groups excluding carboxylic acids is 1. The summed E-state index contributed by atoms with van der Waals surface area (Å²) in [5, 5.41) is 6.53. The van der Waals surface area contributed by atoms with Crippen molar-refractivity contribution in [2.24, 2.45) is 0 Å². The van der Waals surface area contributed by atoms with E-state index < -0.39 is 0 Å². The number of nitrogens with zero attached hydrogens (tertiary/aromatic N) is 1. The van der Waals surface area contributed by atoms with E-state index in [4.69, 9.17) is 0 Å². The second kappa shape index (κ2) is 5.14. The van der Waals surface area contributed by atoms with Gasteiger partial charge in [-0.15, -0.1) is 0 Å². The van der Waals surface area contributed by atoms with Crippen LogP contribution in [0.25, 0.3) is 0 Å². The Morgan fingerprint density at radius 2 is 2.29 bits per heavy atom. The molecule has 5 heteroatoms. The fraction of sp³-hybridized carbons (Fsp3) is 0.167. The number of rotatable bonds is 3. The van der Waals surface area contributed by atoms with Crippen LogP contribution in [0.5, 0.6) is 0 Å². The summed E-state index contributed by atoms with van der Waals surface area (Å²) in [6.07, 6.45) is 1.67. The predicted octanol–water partition coefficient (Wildman–Crippen LogP) is 2.93. The summed E-state index contributed by atoms with van der Waals surface area (Å²) in [5.41, 5.74) is 2.44. The van der Waals surface area contributed by atoms with Crippen LogP contribution in [-0.4, -0.2) is 11.1 Å². The maximum atomic E-state index is 11.7. The second-order valence-electron chi connectivity index (χ2n) is 3.67. The molecule has 88 valence electrons. The van der Waals surface area contributed by atoms with Crippen molar-refractivity contribution in [2.75, 3.05) is 5.32 Å². The quantitative estimate of drug-likeness (QED) is 0.947. The van der Waals surface area contributed by atoms with E-state index in [1.807, 2.05) is 25.1 Å². The Balaban J connectivity index is 2.03. The molecule has 0 saturated heterocycles. The van der Waals surface area contributed by atoms with Gasteiger partial charge < -0.3 is 9.84 Å². The standard InChI is InChI=1S/C12H11BrN2O2/c1-8-6-9(13)2-3-11(8)14-12(16)7-10-4-5-17-15-10/h2-6H,7H2,1H3,(H,14,16). The molecule has 2 aromatic rings. The molecule has 0 bridgehead atoms. The van der Waals surface area contributed by atoms with Crippen LogP contribution in [0, 0.1) is 6.92 Å². The Morgan fingerprint density at radius 3 is 2.94 bits per heavy atom. The minimum Gasteiger partial charge on any atom is -0.364 e. The van der Waals surface area contributed by atoms with Gasteiger partial charge in [-0.25, -0.2) is 0 Å². The van der Waals surface area contributed by atoms with Crippen molar-refractivity contribution in [2.45, 2.75) is 13.3 Å². The van der Waals surface area contributed by atoms with Gasteiger partial charge in [0, 0.05) is 16.2 Å². The lowest BCUT2D eigenvalue weighted by molar-refractivity contribution is -0.115. The molecule has 1 aromatic carbocycles. The van der Waals surface area contributed by atoms with Crippen molar-refractivity contribution in [1.29, 1.82) is 0 Å². The molecule has 0 radical (unpaired) electrons. The summed E-state index contributed by atoms with van der Waals surface area (Å²) >= 11 is 3.38. The molecule has 0 aliphatic rings. The lowest BCUT2D eigenvalue weighted by Gasteiger charge is -2.07. The highest BCUT2D eigenvalue weighted by atomic mass is 79.9. The first-order valence-corrected chi connectivity index (χ1v) is 5.90. The lowest BCUT2D eigenvalue weighted by atomic mass is 10.2. The molecule has 17 heavy (non-hydrogen) atoms. The van der Waals surface area contributed by atoms with E-state index in [9.17, 15) is 4.79 Å². The number of aryl methyl sites for hydroxylation is 1. The molecule has 4 nitrogen and oxygen atoms in total. The van der Waals surface area contributed by atoms with Gasteiger partial charge in [-0.2, -0.15) is 0 Å². The van der Waals surface area contributed by atoms with Crippen LogP contribution in [0.4, 0.5) is 5.69 Å². The topological polar surface area (TPSA) is 55.1 Å². The van der Waals surface area contributed by atoms with E-state index in [2.05, 4.69) is 30.9 Å². The number of anilines is 1. The van der Waals surface area contributed by atoms with Crippen LogP contribution < -0.4 is 5.32 Å². The van der Waals surface area contributed by atoms with Gasteiger partial charge in [0.15, 0.2) is 0 Å². The zero-order chi connectivity index (χ0) is 12.3. The number of hydrogen-bond acceptors (Lipinski definition) is 3. The first kappa shape index (κ1) is 11.9. The Morgan fingerprint density at radius 1 is 1.47 bits per heavy atom. The van der Waals surface area contributed by atoms with Crippen molar-refractivity contribution in [3.8, 4) is 0 Å². The van der Waals surface area contributed by atoms with Gasteiger partial charge >= 0.3 is 0 Å². The molecule has 1 N–H and O–H groups in total. The molecule has 1 heterocycles. The van der Waals surface area contributed by atoms with E-state index in [-0.39, 0.29) is 12.3 Å². The first-order valence-electron chi connectivity index (χ1n) is 5.10. The van der Waals surface area contributed by atoms with Crippen molar-refractivity contribution in [3.63, 3.8) is 0 Å². The molecular weight excluding hydrogens is 284 g/mol. The van der Waals surface area contributed by atoms with E-state index in [0.717, 1.165) is 15.7 Å². The zero-order valence-electron chi connectivity index (χ0n) is 9.24. The fourth-order valence-electron chi connectivity index (χ4n) is 1.45. The van der Waals surface area contributed by atoms with Crippen LogP contribution in [0.3, 0.4) is 0 Å². The van der Waals surface area contributed by atoms with Gasteiger partial charge in [0.1, 0.15) is 6.26 Å². The highest BCUT2D eigenvalue weighted by Crippen LogP contribution is 2.20. The van der Waals surface area contributed by atoms with Crippen LogP contribution in [0.1, 0.15) is 11.3 Å². The maximum Gasteiger partial charge on any atom is 0.230 e. The molecule has 0 spiro atoms. The normalized spacial score (nSPS) is 10.2. The molecule has 0 saturated carbocycles. The smallest absolute Gasteiger partial charge is 0.230 e. The molecule has 2 rings (SSSR count). The number of hydrogen-bond donors (Lipinski definition) is 1. The van der Waals surface area contributed by atoms with Crippen LogP contribution >= 0.6 is 15.9 Å². The van der Waals surface area contributed by atoms with E-state index >= 15 is 0 Å². The second-order valence-corrected chi connectivity index (χ2v) is 4.59. The monoisotopic (exact) mass is 294 g/mol. The molecule has 0 fully saturated rings. The third-order valence-electron chi connectivity index (χ3n) is 2.30. The van der Waals surface area contributed by atoms with E-state index in [1.54, 1.807) is 6.07 Å². The molecule has 0 aliphatic carbocycles. The molecule has 1 amide bonds. The van der Waals surface area contributed by atoms with Gasteiger partial charge in [-0.3, -0.25) is 4.79 Å². The number of benzene rings is 1. The Bertz CT molecular complexity index is 523. The summed E-state index contributed by atoms with van der Waals surface area (Å²) in [5.74, 6) is -0.107. The summed E-state index contributed by atoms with van der Waals surface area (Å²) in [7, 11) is 0. The number of amides is 1. The summed E-state index contributed by atoms with van der Waals surface area (Å²) in [4.78, 5) is 11.7. The van der Waals surface area contributed by atoms with Crippen molar-refractivity contribution < 1.29 is 9.32 Å². The molecular formula is C12H11BrN2O2.